The van der Waals surface area contributed by atoms with E-state index in [9.17, 15) is 9.90 Å². The molecule has 0 saturated heterocycles. The first-order valence-corrected chi connectivity index (χ1v) is 12.3. The summed E-state index contributed by atoms with van der Waals surface area (Å²) in [6, 6.07) is 7.26. The third-order valence-corrected chi connectivity index (χ3v) is 8.14. The molecule has 0 amide bonds. The Morgan fingerprint density at radius 2 is 1.93 bits per heavy atom. The zero-order valence-electron chi connectivity index (χ0n) is 19.5. The minimum Gasteiger partial charge on any atom is -0.508 e. The van der Waals surface area contributed by atoms with Crippen LogP contribution < -0.4 is 0 Å². The van der Waals surface area contributed by atoms with Crippen LogP contribution in [0, 0.1) is 29.1 Å². The van der Waals surface area contributed by atoms with Crippen LogP contribution in [0.4, 0.5) is 0 Å². The van der Waals surface area contributed by atoms with E-state index in [-0.39, 0.29) is 17.8 Å². The molecule has 0 unspecified atom stereocenters. The molecule has 3 rings (SSSR count). The van der Waals surface area contributed by atoms with Crippen LogP contribution in [0.25, 0.3) is 0 Å². The first-order chi connectivity index (χ1) is 14.3. The lowest BCUT2D eigenvalue weighted by Gasteiger charge is -2.46. The first kappa shape index (κ1) is 23.2. The maximum atomic E-state index is 12.6. The molecule has 5 atom stereocenters. The zero-order valence-corrected chi connectivity index (χ0v) is 19.5. The summed E-state index contributed by atoms with van der Waals surface area (Å²) in [5, 5.41) is 9.92. The van der Waals surface area contributed by atoms with Crippen LogP contribution in [0.1, 0.15) is 91.0 Å². The second-order valence-corrected chi connectivity index (χ2v) is 10.6. The van der Waals surface area contributed by atoms with Gasteiger partial charge >= 0.3 is 5.97 Å². The van der Waals surface area contributed by atoms with Crippen LogP contribution in [0.15, 0.2) is 24.3 Å². The molecule has 1 aromatic rings. The van der Waals surface area contributed by atoms with Crippen molar-refractivity contribution in [3.8, 4) is 5.75 Å². The van der Waals surface area contributed by atoms with Crippen molar-refractivity contribution in [2.75, 3.05) is 0 Å². The van der Waals surface area contributed by atoms with Crippen LogP contribution >= 0.6 is 0 Å². The number of carbonyl (C=O) groups excluding carboxylic acids is 1. The Hall–Kier alpha value is -1.51. The van der Waals surface area contributed by atoms with E-state index in [1.165, 1.54) is 44.9 Å². The van der Waals surface area contributed by atoms with Gasteiger partial charge in [0.05, 0.1) is 0 Å². The van der Waals surface area contributed by atoms with E-state index in [0.29, 0.717) is 24.2 Å². The minimum atomic E-state index is -0.110. The van der Waals surface area contributed by atoms with E-state index < -0.39 is 0 Å². The molecule has 1 aromatic carbocycles. The van der Waals surface area contributed by atoms with Gasteiger partial charge in [0.15, 0.2) is 0 Å². The van der Waals surface area contributed by atoms with Gasteiger partial charge in [-0.2, -0.15) is 0 Å². The highest BCUT2D eigenvalue weighted by molar-refractivity contribution is 5.70. The lowest BCUT2D eigenvalue weighted by Crippen LogP contribution is -2.43. The molecule has 0 radical (unpaired) electrons. The molecule has 0 bridgehead atoms. The standard InChI is InChI=1S/C27H42O3/c1-19(2)9-7-10-20(3)22-15-16-23-25(13-8-18-27(22,23)4)30-26(29)17-14-21-11-5-6-12-24(21)28/h5-6,11-12,19-20,22-23,25,28H,7-10,13-18H2,1-4H3/t20-,22-,23+,25+,27-/m1/s1. The molecule has 0 aliphatic heterocycles. The monoisotopic (exact) mass is 414 g/mol. The Labute approximate surface area is 183 Å². The van der Waals surface area contributed by atoms with Gasteiger partial charge in [0.1, 0.15) is 11.9 Å². The summed E-state index contributed by atoms with van der Waals surface area (Å²) in [5.41, 5.74) is 1.14. The summed E-state index contributed by atoms with van der Waals surface area (Å²) < 4.78 is 6.05. The fourth-order valence-corrected chi connectivity index (χ4v) is 6.47. The molecule has 0 heterocycles. The molecule has 0 aromatic heterocycles. The summed E-state index contributed by atoms with van der Waals surface area (Å²) >= 11 is 0. The number of ether oxygens (including phenoxy) is 1. The number of aromatic hydroxyl groups is 1. The summed E-state index contributed by atoms with van der Waals surface area (Å²) in [4.78, 5) is 12.6. The largest absolute Gasteiger partial charge is 0.508 e. The quantitative estimate of drug-likeness (QED) is 0.446. The van der Waals surface area contributed by atoms with Crippen LogP contribution in [-0.2, 0) is 16.0 Å². The number of aryl methyl sites for hydroxylation is 1. The predicted octanol–water partition coefficient (Wildman–Crippen LogP) is 6.92. The fourth-order valence-electron chi connectivity index (χ4n) is 6.47. The van der Waals surface area contributed by atoms with Crippen molar-refractivity contribution >= 4 is 5.97 Å². The Morgan fingerprint density at radius 1 is 1.17 bits per heavy atom. The number of hydrogen-bond donors (Lipinski definition) is 1. The van der Waals surface area contributed by atoms with E-state index in [1.807, 2.05) is 12.1 Å². The molecule has 3 nitrogen and oxygen atoms in total. The topological polar surface area (TPSA) is 46.5 Å². The molecular formula is C27H42O3. The van der Waals surface area contributed by atoms with Crippen molar-refractivity contribution < 1.29 is 14.6 Å². The van der Waals surface area contributed by atoms with E-state index in [2.05, 4.69) is 27.7 Å². The highest BCUT2D eigenvalue weighted by Gasteiger charge is 2.53. The molecule has 0 spiro atoms. The molecule has 3 heteroatoms. The SMILES string of the molecule is CC(C)CCC[C@@H](C)[C@H]1CC[C@H]2[C@@H](OC(=O)CCc3ccccc3O)CCC[C@]12C. The number of benzene rings is 1. The molecule has 168 valence electrons. The number of phenolic OH excluding ortho intramolecular Hbond substituents is 1. The Balaban J connectivity index is 1.55. The van der Waals surface area contributed by atoms with Crippen molar-refractivity contribution in [3.63, 3.8) is 0 Å². The van der Waals surface area contributed by atoms with Crippen molar-refractivity contribution in [1.82, 2.24) is 0 Å². The Morgan fingerprint density at radius 3 is 2.67 bits per heavy atom. The molecule has 2 fully saturated rings. The average molecular weight is 415 g/mol. The van der Waals surface area contributed by atoms with Crippen LogP contribution in [0.5, 0.6) is 5.75 Å². The summed E-state index contributed by atoms with van der Waals surface area (Å²) in [7, 11) is 0. The lowest BCUT2D eigenvalue weighted by atomic mass is 9.61. The average Bonchev–Trinajstić information content (AvgIpc) is 3.05. The molecule has 30 heavy (non-hydrogen) atoms. The molecule has 1 N–H and O–H groups in total. The van der Waals surface area contributed by atoms with E-state index in [0.717, 1.165) is 29.7 Å². The first-order valence-electron chi connectivity index (χ1n) is 12.3. The zero-order chi connectivity index (χ0) is 21.7. The van der Waals surface area contributed by atoms with Crippen LogP contribution in [0.2, 0.25) is 0 Å². The van der Waals surface area contributed by atoms with Crippen molar-refractivity contribution in [2.24, 2.45) is 29.1 Å². The van der Waals surface area contributed by atoms with Gasteiger partial charge in [0, 0.05) is 12.3 Å². The third kappa shape index (κ3) is 5.39. The molecule has 2 saturated carbocycles. The summed E-state index contributed by atoms with van der Waals surface area (Å²) in [6.07, 6.45) is 10.9. The molecular weight excluding hydrogens is 372 g/mol. The molecule has 2 aliphatic rings. The van der Waals surface area contributed by atoms with Crippen molar-refractivity contribution in [3.05, 3.63) is 29.8 Å². The van der Waals surface area contributed by atoms with Crippen molar-refractivity contribution in [2.45, 2.75) is 98.0 Å². The highest BCUT2D eigenvalue weighted by atomic mass is 16.5. The summed E-state index contributed by atoms with van der Waals surface area (Å²) in [5.74, 6) is 2.98. The number of hydrogen-bond acceptors (Lipinski definition) is 3. The number of para-hydroxylation sites is 1. The van der Waals surface area contributed by atoms with Gasteiger partial charge < -0.3 is 9.84 Å². The fraction of sp³-hybridized carbons (Fsp3) is 0.741. The maximum Gasteiger partial charge on any atom is 0.306 e. The number of phenols is 1. The number of fused-ring (bicyclic) bond motifs is 1. The van der Waals surface area contributed by atoms with Gasteiger partial charge in [-0.05, 0) is 73.3 Å². The second-order valence-electron chi connectivity index (χ2n) is 10.6. The van der Waals surface area contributed by atoms with Crippen LogP contribution in [0.3, 0.4) is 0 Å². The highest BCUT2D eigenvalue weighted by Crippen LogP contribution is 2.58. The molecule has 2 aliphatic carbocycles. The van der Waals surface area contributed by atoms with E-state index in [1.54, 1.807) is 12.1 Å². The number of rotatable bonds is 9. The lowest BCUT2D eigenvalue weighted by molar-refractivity contribution is -0.158. The van der Waals surface area contributed by atoms with Gasteiger partial charge in [-0.15, -0.1) is 0 Å². The van der Waals surface area contributed by atoms with Gasteiger partial charge in [0.25, 0.3) is 0 Å². The Bertz CT molecular complexity index is 697. The van der Waals surface area contributed by atoms with Crippen molar-refractivity contribution in [1.29, 1.82) is 0 Å². The third-order valence-electron chi connectivity index (χ3n) is 8.14. The number of carbonyl (C=O) groups is 1. The van der Waals surface area contributed by atoms with Gasteiger partial charge in [-0.3, -0.25) is 4.79 Å². The minimum absolute atomic E-state index is 0.0773. The van der Waals surface area contributed by atoms with Gasteiger partial charge in [-0.1, -0.05) is 65.2 Å². The van der Waals surface area contributed by atoms with Gasteiger partial charge in [-0.25, -0.2) is 0 Å². The predicted molar refractivity (Wildman–Crippen MR) is 122 cm³/mol. The second kappa shape index (κ2) is 10.2. The normalized spacial score (nSPS) is 29.6. The van der Waals surface area contributed by atoms with Gasteiger partial charge in [0.2, 0.25) is 0 Å². The Kier molecular flexibility index (Phi) is 7.87. The smallest absolute Gasteiger partial charge is 0.306 e. The van der Waals surface area contributed by atoms with E-state index >= 15 is 0 Å². The van der Waals surface area contributed by atoms with Crippen LogP contribution in [-0.4, -0.2) is 17.2 Å². The maximum absolute atomic E-state index is 12.6. The van der Waals surface area contributed by atoms with E-state index in [4.69, 9.17) is 4.74 Å². The number of esters is 1. The summed E-state index contributed by atoms with van der Waals surface area (Å²) in [6.45, 7) is 9.57.